The summed E-state index contributed by atoms with van der Waals surface area (Å²) in [4.78, 5) is 8.91. The van der Waals surface area contributed by atoms with Gasteiger partial charge < -0.3 is 10.2 Å². The summed E-state index contributed by atoms with van der Waals surface area (Å²) in [5.41, 5.74) is 1.29. The molecule has 0 radical (unpaired) electrons. The van der Waals surface area contributed by atoms with Crippen molar-refractivity contribution in [1.82, 2.24) is 10.3 Å². The summed E-state index contributed by atoms with van der Waals surface area (Å²) in [6.45, 7) is 14.5. The molecule has 2 rings (SSSR count). The minimum absolute atomic E-state index is 0.507. The second-order valence-corrected chi connectivity index (χ2v) is 7.47. The van der Waals surface area contributed by atoms with Crippen molar-refractivity contribution in [1.29, 1.82) is 0 Å². The van der Waals surface area contributed by atoms with E-state index in [1.807, 2.05) is 11.3 Å². The molecular weight excluding hydrogens is 266 g/mol. The fourth-order valence-corrected chi connectivity index (χ4v) is 4.29. The van der Waals surface area contributed by atoms with Gasteiger partial charge in [-0.1, -0.05) is 27.7 Å². The lowest BCUT2D eigenvalue weighted by molar-refractivity contribution is 0.377. The lowest BCUT2D eigenvalue weighted by Gasteiger charge is -2.36. The van der Waals surface area contributed by atoms with Crippen LogP contribution >= 0.6 is 11.3 Å². The summed E-state index contributed by atoms with van der Waals surface area (Å²) in [7, 11) is 0. The van der Waals surface area contributed by atoms with Gasteiger partial charge in [0.1, 0.15) is 0 Å². The monoisotopic (exact) mass is 295 g/mol. The van der Waals surface area contributed by atoms with Gasteiger partial charge in [-0.3, -0.25) is 0 Å². The summed E-state index contributed by atoms with van der Waals surface area (Å²) in [6, 6.07) is 0.622. The number of anilines is 1. The van der Waals surface area contributed by atoms with Gasteiger partial charge in [0.15, 0.2) is 5.13 Å². The first-order chi connectivity index (χ1) is 9.52. The molecule has 1 aromatic heterocycles. The van der Waals surface area contributed by atoms with Crippen molar-refractivity contribution < 1.29 is 0 Å². The SMILES string of the molecule is CCNCc1sc(N2CCC(C)CC2C)nc1C(C)C. The van der Waals surface area contributed by atoms with Gasteiger partial charge in [-0.05, 0) is 38.1 Å². The van der Waals surface area contributed by atoms with E-state index < -0.39 is 0 Å². The quantitative estimate of drug-likeness (QED) is 0.890. The Labute approximate surface area is 127 Å². The second kappa shape index (κ2) is 6.90. The molecule has 0 spiro atoms. The fourth-order valence-electron chi connectivity index (χ4n) is 2.98. The molecule has 1 N–H and O–H groups in total. The van der Waals surface area contributed by atoms with Crippen LogP contribution in [0.1, 0.15) is 63.9 Å². The van der Waals surface area contributed by atoms with Gasteiger partial charge in [-0.15, -0.1) is 11.3 Å². The predicted molar refractivity (Wildman–Crippen MR) is 88.8 cm³/mol. The van der Waals surface area contributed by atoms with Crippen LogP contribution in [-0.4, -0.2) is 24.1 Å². The number of hydrogen-bond acceptors (Lipinski definition) is 4. The zero-order valence-corrected chi connectivity index (χ0v) is 14.4. The molecule has 0 bridgehead atoms. The molecule has 4 heteroatoms. The van der Waals surface area contributed by atoms with E-state index in [2.05, 4.69) is 44.8 Å². The van der Waals surface area contributed by atoms with Crippen LogP contribution in [0.4, 0.5) is 5.13 Å². The summed E-state index contributed by atoms with van der Waals surface area (Å²) < 4.78 is 0. The third-order valence-corrected chi connectivity index (χ3v) is 5.29. The van der Waals surface area contributed by atoms with Crippen LogP contribution in [-0.2, 0) is 6.54 Å². The average molecular weight is 295 g/mol. The number of rotatable bonds is 5. The molecule has 0 saturated carbocycles. The third-order valence-electron chi connectivity index (χ3n) is 4.18. The summed E-state index contributed by atoms with van der Waals surface area (Å²) >= 11 is 1.89. The molecule has 3 nitrogen and oxygen atoms in total. The summed E-state index contributed by atoms with van der Waals surface area (Å²) in [6.07, 6.45) is 2.59. The van der Waals surface area contributed by atoms with E-state index in [-0.39, 0.29) is 0 Å². The van der Waals surface area contributed by atoms with Gasteiger partial charge in [0, 0.05) is 24.0 Å². The highest BCUT2D eigenvalue weighted by atomic mass is 32.1. The third kappa shape index (κ3) is 3.53. The molecule has 0 aliphatic carbocycles. The molecule has 1 aliphatic heterocycles. The van der Waals surface area contributed by atoms with Crippen LogP contribution in [0.25, 0.3) is 0 Å². The highest BCUT2D eigenvalue weighted by Crippen LogP contribution is 2.35. The van der Waals surface area contributed by atoms with E-state index in [4.69, 9.17) is 4.98 Å². The van der Waals surface area contributed by atoms with E-state index in [1.165, 1.54) is 28.5 Å². The molecule has 2 atom stereocenters. The Morgan fingerprint density at radius 3 is 2.75 bits per heavy atom. The largest absolute Gasteiger partial charge is 0.345 e. The number of nitrogens with zero attached hydrogens (tertiary/aromatic N) is 2. The first kappa shape index (κ1) is 15.8. The average Bonchev–Trinajstić information content (AvgIpc) is 2.80. The first-order valence-corrected chi connectivity index (χ1v) is 8.81. The van der Waals surface area contributed by atoms with E-state index >= 15 is 0 Å². The molecule has 0 aromatic carbocycles. The van der Waals surface area contributed by atoms with Crippen molar-refractivity contribution in [2.75, 3.05) is 18.0 Å². The van der Waals surface area contributed by atoms with Crippen LogP contribution in [0.2, 0.25) is 0 Å². The van der Waals surface area contributed by atoms with Crippen LogP contribution in [0.15, 0.2) is 0 Å². The molecule has 1 saturated heterocycles. The predicted octanol–water partition coefficient (Wildman–Crippen LogP) is 4.00. The van der Waals surface area contributed by atoms with E-state index in [1.54, 1.807) is 0 Å². The van der Waals surface area contributed by atoms with Gasteiger partial charge in [-0.25, -0.2) is 4.98 Å². The van der Waals surface area contributed by atoms with Crippen molar-refractivity contribution >= 4 is 16.5 Å². The van der Waals surface area contributed by atoms with Crippen molar-refractivity contribution in [3.05, 3.63) is 10.6 Å². The van der Waals surface area contributed by atoms with Crippen molar-refractivity contribution in [2.45, 2.75) is 66.0 Å². The minimum Gasteiger partial charge on any atom is -0.345 e. The van der Waals surface area contributed by atoms with Gasteiger partial charge >= 0.3 is 0 Å². The normalized spacial score (nSPS) is 23.6. The molecule has 1 aromatic rings. The maximum absolute atomic E-state index is 4.97. The highest BCUT2D eigenvalue weighted by Gasteiger charge is 2.26. The molecule has 1 fully saturated rings. The minimum atomic E-state index is 0.507. The van der Waals surface area contributed by atoms with E-state index in [0.29, 0.717) is 12.0 Å². The van der Waals surface area contributed by atoms with Crippen molar-refractivity contribution in [2.24, 2.45) is 5.92 Å². The lowest BCUT2D eigenvalue weighted by atomic mass is 9.94. The van der Waals surface area contributed by atoms with Crippen LogP contribution in [0.5, 0.6) is 0 Å². The molecule has 114 valence electrons. The molecular formula is C16H29N3S. The van der Waals surface area contributed by atoms with Crippen LogP contribution < -0.4 is 10.2 Å². The van der Waals surface area contributed by atoms with Gasteiger partial charge in [0.2, 0.25) is 0 Å². The van der Waals surface area contributed by atoms with E-state index in [0.717, 1.165) is 25.6 Å². The Hall–Kier alpha value is -0.610. The standard InChI is InChI=1S/C16H29N3S/c1-6-17-10-14-15(11(2)3)18-16(20-14)19-8-7-12(4)9-13(19)5/h11-13,17H,6-10H2,1-5H3. The maximum Gasteiger partial charge on any atom is 0.186 e. The Bertz CT molecular complexity index is 427. The Morgan fingerprint density at radius 1 is 1.40 bits per heavy atom. The summed E-state index contributed by atoms with van der Waals surface area (Å²) in [5, 5.41) is 4.68. The Kier molecular flexibility index (Phi) is 5.44. The van der Waals surface area contributed by atoms with Crippen LogP contribution in [0.3, 0.4) is 0 Å². The topological polar surface area (TPSA) is 28.2 Å². The zero-order valence-electron chi connectivity index (χ0n) is 13.6. The van der Waals surface area contributed by atoms with E-state index in [9.17, 15) is 0 Å². The smallest absolute Gasteiger partial charge is 0.186 e. The number of hydrogen-bond donors (Lipinski definition) is 1. The first-order valence-electron chi connectivity index (χ1n) is 7.99. The molecule has 1 aliphatic rings. The number of nitrogens with one attached hydrogen (secondary N) is 1. The molecule has 20 heavy (non-hydrogen) atoms. The molecule has 0 amide bonds. The fraction of sp³-hybridized carbons (Fsp3) is 0.812. The Morgan fingerprint density at radius 2 is 2.15 bits per heavy atom. The van der Waals surface area contributed by atoms with Gasteiger partial charge in [-0.2, -0.15) is 0 Å². The molecule has 2 unspecified atom stereocenters. The molecule has 2 heterocycles. The second-order valence-electron chi connectivity index (χ2n) is 6.41. The number of thiazole rings is 1. The lowest BCUT2D eigenvalue weighted by Crippen LogP contribution is -2.40. The Balaban J connectivity index is 2.19. The number of piperidine rings is 1. The maximum atomic E-state index is 4.97. The highest BCUT2D eigenvalue weighted by molar-refractivity contribution is 7.15. The van der Waals surface area contributed by atoms with Gasteiger partial charge in [0.25, 0.3) is 0 Å². The van der Waals surface area contributed by atoms with Crippen LogP contribution in [0, 0.1) is 5.92 Å². The van der Waals surface area contributed by atoms with Crippen molar-refractivity contribution in [3.63, 3.8) is 0 Å². The number of aromatic nitrogens is 1. The van der Waals surface area contributed by atoms with Gasteiger partial charge in [0.05, 0.1) is 5.69 Å². The van der Waals surface area contributed by atoms with Crippen molar-refractivity contribution in [3.8, 4) is 0 Å². The summed E-state index contributed by atoms with van der Waals surface area (Å²) in [5.74, 6) is 1.36. The zero-order chi connectivity index (χ0) is 14.7.